The van der Waals surface area contributed by atoms with Gasteiger partial charge in [0.25, 0.3) is 0 Å². The van der Waals surface area contributed by atoms with E-state index >= 15 is 0 Å². The van der Waals surface area contributed by atoms with E-state index in [9.17, 15) is 4.79 Å². The third-order valence-corrected chi connectivity index (χ3v) is 2.27. The van der Waals surface area contributed by atoms with Crippen LogP contribution in [0.15, 0.2) is 27.5 Å². The molecule has 1 aromatic heterocycles. The highest BCUT2D eigenvalue weighted by Gasteiger charge is 2.07. The van der Waals surface area contributed by atoms with Gasteiger partial charge in [-0.15, -0.1) is 0 Å². The molecule has 0 aliphatic carbocycles. The fourth-order valence-electron chi connectivity index (χ4n) is 1.52. The molecule has 2 rings (SSSR count). The van der Waals surface area contributed by atoms with Crippen molar-refractivity contribution in [3.8, 4) is 0 Å². The van der Waals surface area contributed by atoms with Crippen molar-refractivity contribution in [1.29, 1.82) is 0 Å². The summed E-state index contributed by atoms with van der Waals surface area (Å²) in [6.07, 6.45) is 0. The molecule has 0 spiro atoms. The molecule has 0 unspecified atom stereocenters. The Morgan fingerprint density at radius 3 is 2.93 bits per heavy atom. The standard InChI is InChI=1S/C10H12N2O2/c1-2-12-9-5-7(6-11)3-4-8(9)10(13)14-12/h3-5H,2,6,11H2,1H3. The first-order valence-corrected chi connectivity index (χ1v) is 4.59. The van der Waals surface area contributed by atoms with Gasteiger partial charge in [0.05, 0.1) is 17.4 Å². The van der Waals surface area contributed by atoms with Gasteiger partial charge < -0.3 is 10.3 Å². The monoisotopic (exact) mass is 192 g/mol. The van der Waals surface area contributed by atoms with Gasteiger partial charge in [0.2, 0.25) is 0 Å². The van der Waals surface area contributed by atoms with Crippen molar-refractivity contribution in [3.63, 3.8) is 0 Å². The summed E-state index contributed by atoms with van der Waals surface area (Å²) < 4.78 is 6.61. The van der Waals surface area contributed by atoms with E-state index in [1.165, 1.54) is 0 Å². The summed E-state index contributed by atoms with van der Waals surface area (Å²) in [7, 11) is 0. The number of hydrogen-bond donors (Lipinski definition) is 1. The predicted molar refractivity (Wildman–Crippen MR) is 54.0 cm³/mol. The molecule has 0 aliphatic heterocycles. The van der Waals surface area contributed by atoms with E-state index in [0.29, 0.717) is 18.5 Å². The molecule has 0 saturated carbocycles. The molecule has 0 radical (unpaired) electrons. The van der Waals surface area contributed by atoms with Crippen LogP contribution in [0.3, 0.4) is 0 Å². The Kier molecular flexibility index (Phi) is 2.13. The zero-order valence-electron chi connectivity index (χ0n) is 7.99. The van der Waals surface area contributed by atoms with Gasteiger partial charge in [-0.05, 0) is 24.6 Å². The third-order valence-electron chi connectivity index (χ3n) is 2.27. The Bertz CT molecular complexity index is 510. The van der Waals surface area contributed by atoms with Crippen molar-refractivity contribution in [1.82, 2.24) is 4.74 Å². The lowest BCUT2D eigenvalue weighted by atomic mass is 10.1. The first-order chi connectivity index (χ1) is 6.76. The first-order valence-electron chi connectivity index (χ1n) is 4.59. The highest BCUT2D eigenvalue weighted by molar-refractivity contribution is 5.78. The third kappa shape index (κ3) is 1.24. The van der Waals surface area contributed by atoms with Crippen LogP contribution in [0.25, 0.3) is 10.9 Å². The topological polar surface area (TPSA) is 61.2 Å². The minimum absolute atomic E-state index is 0.287. The summed E-state index contributed by atoms with van der Waals surface area (Å²) in [5.41, 5.74) is 7.05. The van der Waals surface area contributed by atoms with E-state index in [-0.39, 0.29) is 5.63 Å². The molecule has 0 amide bonds. The highest BCUT2D eigenvalue weighted by Crippen LogP contribution is 2.13. The van der Waals surface area contributed by atoms with Crippen molar-refractivity contribution in [2.24, 2.45) is 5.73 Å². The van der Waals surface area contributed by atoms with Crippen LogP contribution < -0.4 is 11.4 Å². The lowest BCUT2D eigenvalue weighted by molar-refractivity contribution is 0.270. The lowest BCUT2D eigenvalue weighted by Gasteiger charge is -1.98. The number of nitrogens with two attached hydrogens (primary N) is 1. The Balaban J connectivity index is 2.78. The molecule has 2 N–H and O–H groups in total. The lowest BCUT2D eigenvalue weighted by Crippen LogP contribution is -1.97. The second kappa shape index (κ2) is 3.31. The molecule has 0 bridgehead atoms. The zero-order chi connectivity index (χ0) is 10.1. The number of benzene rings is 1. The van der Waals surface area contributed by atoms with E-state index in [1.807, 2.05) is 19.1 Å². The average Bonchev–Trinajstić information content (AvgIpc) is 2.55. The van der Waals surface area contributed by atoms with Crippen LogP contribution in [-0.2, 0) is 13.1 Å². The molecular weight excluding hydrogens is 180 g/mol. The van der Waals surface area contributed by atoms with Crippen molar-refractivity contribution >= 4 is 10.9 Å². The van der Waals surface area contributed by atoms with Crippen LogP contribution in [0.5, 0.6) is 0 Å². The minimum Gasteiger partial charge on any atom is -0.335 e. The molecule has 14 heavy (non-hydrogen) atoms. The minimum atomic E-state index is -0.287. The van der Waals surface area contributed by atoms with Crippen LogP contribution in [0.1, 0.15) is 12.5 Å². The maximum Gasteiger partial charge on any atom is 0.365 e. The summed E-state index contributed by atoms with van der Waals surface area (Å²) in [6.45, 7) is 3.04. The van der Waals surface area contributed by atoms with Crippen molar-refractivity contribution in [2.45, 2.75) is 20.0 Å². The quantitative estimate of drug-likeness (QED) is 0.774. The van der Waals surface area contributed by atoms with E-state index in [1.54, 1.807) is 10.8 Å². The van der Waals surface area contributed by atoms with E-state index in [4.69, 9.17) is 10.3 Å². The highest BCUT2D eigenvalue weighted by atomic mass is 16.5. The smallest absolute Gasteiger partial charge is 0.335 e. The van der Waals surface area contributed by atoms with E-state index < -0.39 is 0 Å². The molecule has 74 valence electrons. The fraction of sp³-hybridized carbons (Fsp3) is 0.300. The van der Waals surface area contributed by atoms with Gasteiger partial charge >= 0.3 is 5.63 Å². The molecule has 1 heterocycles. The Morgan fingerprint density at radius 2 is 2.29 bits per heavy atom. The Hall–Kier alpha value is -1.55. The maximum atomic E-state index is 11.3. The number of aromatic nitrogens is 1. The van der Waals surface area contributed by atoms with Crippen LogP contribution in [0.4, 0.5) is 0 Å². The second-order valence-electron chi connectivity index (χ2n) is 3.13. The van der Waals surface area contributed by atoms with Crippen LogP contribution in [0.2, 0.25) is 0 Å². The Labute approximate surface area is 80.9 Å². The molecule has 0 saturated heterocycles. The molecule has 1 aromatic carbocycles. The Morgan fingerprint density at radius 1 is 1.50 bits per heavy atom. The molecular formula is C10H12N2O2. The van der Waals surface area contributed by atoms with Crippen LogP contribution in [-0.4, -0.2) is 4.74 Å². The second-order valence-corrected chi connectivity index (χ2v) is 3.13. The van der Waals surface area contributed by atoms with Crippen molar-refractivity contribution < 1.29 is 4.52 Å². The molecule has 4 heteroatoms. The average molecular weight is 192 g/mol. The molecule has 0 atom stereocenters. The van der Waals surface area contributed by atoms with Crippen molar-refractivity contribution in [3.05, 3.63) is 34.2 Å². The van der Waals surface area contributed by atoms with Gasteiger partial charge in [0.1, 0.15) is 0 Å². The SMILES string of the molecule is CCn1oc(=O)c2ccc(CN)cc21. The fourth-order valence-corrected chi connectivity index (χ4v) is 1.52. The summed E-state index contributed by atoms with van der Waals surface area (Å²) >= 11 is 0. The number of hydrogen-bond acceptors (Lipinski definition) is 3. The number of aryl methyl sites for hydroxylation is 1. The number of fused-ring (bicyclic) bond motifs is 1. The molecule has 0 fully saturated rings. The summed E-state index contributed by atoms with van der Waals surface area (Å²) in [5.74, 6) is 0. The largest absolute Gasteiger partial charge is 0.365 e. The zero-order valence-corrected chi connectivity index (χ0v) is 7.99. The summed E-state index contributed by atoms with van der Waals surface area (Å²) in [6, 6.07) is 5.50. The number of rotatable bonds is 2. The summed E-state index contributed by atoms with van der Waals surface area (Å²) in [5, 5.41) is 0.615. The molecule has 2 aromatic rings. The normalized spacial score (nSPS) is 11.0. The van der Waals surface area contributed by atoms with Gasteiger partial charge in [-0.1, -0.05) is 6.07 Å². The predicted octanol–water partition coefficient (Wildman–Crippen LogP) is 1.07. The van der Waals surface area contributed by atoms with Crippen LogP contribution in [0, 0.1) is 0 Å². The molecule has 4 nitrogen and oxygen atoms in total. The first kappa shape index (κ1) is 9.02. The maximum absolute atomic E-state index is 11.3. The number of nitrogens with zero attached hydrogens (tertiary/aromatic N) is 1. The van der Waals surface area contributed by atoms with Gasteiger partial charge in [-0.2, -0.15) is 0 Å². The van der Waals surface area contributed by atoms with Gasteiger partial charge in [0.15, 0.2) is 0 Å². The van der Waals surface area contributed by atoms with E-state index in [0.717, 1.165) is 11.1 Å². The van der Waals surface area contributed by atoms with Crippen molar-refractivity contribution in [2.75, 3.05) is 0 Å². The molecule has 0 aliphatic rings. The summed E-state index contributed by atoms with van der Waals surface area (Å²) in [4.78, 5) is 11.3. The van der Waals surface area contributed by atoms with Crippen LogP contribution >= 0.6 is 0 Å². The van der Waals surface area contributed by atoms with Gasteiger partial charge in [-0.25, -0.2) is 9.53 Å². The van der Waals surface area contributed by atoms with Gasteiger partial charge in [0, 0.05) is 6.54 Å². The van der Waals surface area contributed by atoms with E-state index in [2.05, 4.69) is 0 Å². The van der Waals surface area contributed by atoms with Gasteiger partial charge in [-0.3, -0.25) is 0 Å².